The Morgan fingerprint density at radius 1 is 0.757 bits per heavy atom. The molecule has 0 atom stereocenters. The molecule has 1 aromatic heterocycles. The van der Waals surface area contributed by atoms with Crippen molar-refractivity contribution in [3.63, 3.8) is 0 Å². The molecule has 196 valence electrons. The summed E-state index contributed by atoms with van der Waals surface area (Å²) in [5.74, 6) is 4.46. The molecule has 0 spiro atoms. The van der Waals surface area contributed by atoms with Crippen LogP contribution in [0.1, 0.15) is 16.8 Å². The third-order valence-corrected chi connectivity index (χ3v) is 6.97. The van der Waals surface area contributed by atoms with Crippen molar-refractivity contribution >= 4 is 5.95 Å². The highest BCUT2D eigenvalue weighted by Crippen LogP contribution is 2.33. The molecule has 5 rings (SSSR count). The van der Waals surface area contributed by atoms with E-state index in [1.54, 1.807) is 21.3 Å². The van der Waals surface area contributed by atoms with Gasteiger partial charge >= 0.3 is 0 Å². The maximum absolute atomic E-state index is 6.39. The summed E-state index contributed by atoms with van der Waals surface area (Å²) in [5, 5.41) is 0. The first kappa shape index (κ1) is 25.1. The number of rotatable bonds is 8. The van der Waals surface area contributed by atoms with E-state index in [-0.39, 0.29) is 0 Å². The van der Waals surface area contributed by atoms with Gasteiger partial charge in [0.1, 0.15) is 23.0 Å². The van der Waals surface area contributed by atoms with Crippen molar-refractivity contribution in [1.82, 2.24) is 19.8 Å². The molecule has 0 N–H and O–H groups in total. The quantitative estimate of drug-likeness (QED) is 0.457. The fourth-order valence-electron chi connectivity index (χ4n) is 4.77. The molecule has 0 amide bonds. The molecule has 0 unspecified atom stereocenters. The second-order valence-corrected chi connectivity index (χ2v) is 9.50. The minimum Gasteiger partial charge on any atom is -0.497 e. The van der Waals surface area contributed by atoms with Gasteiger partial charge in [-0.1, -0.05) is 0 Å². The lowest BCUT2D eigenvalue weighted by atomic mass is 10.1. The van der Waals surface area contributed by atoms with Crippen LogP contribution < -0.4 is 23.8 Å². The van der Waals surface area contributed by atoms with Gasteiger partial charge in [0.25, 0.3) is 0 Å². The van der Waals surface area contributed by atoms with Crippen molar-refractivity contribution in [2.24, 2.45) is 0 Å². The SMILES string of the molecule is COc1ccc(Oc2nc(N3CCN(C)CC3)nc3c2CN(Cc2cc(OC)cc(OC)c2)CC3)cc1. The van der Waals surface area contributed by atoms with Crippen molar-refractivity contribution in [2.45, 2.75) is 19.5 Å². The van der Waals surface area contributed by atoms with E-state index in [0.29, 0.717) is 12.4 Å². The average Bonchev–Trinajstić information content (AvgIpc) is 2.93. The molecule has 0 saturated carbocycles. The molecule has 9 nitrogen and oxygen atoms in total. The fourth-order valence-corrected chi connectivity index (χ4v) is 4.77. The predicted octanol–water partition coefficient (Wildman–Crippen LogP) is 3.60. The normalized spacial score (nSPS) is 16.3. The molecule has 2 aliphatic rings. The van der Waals surface area contributed by atoms with Gasteiger partial charge in [0, 0.05) is 58.3 Å². The minimum atomic E-state index is 0.622. The van der Waals surface area contributed by atoms with Crippen LogP contribution in [0.4, 0.5) is 5.95 Å². The Morgan fingerprint density at radius 3 is 2.05 bits per heavy atom. The Labute approximate surface area is 218 Å². The highest BCUT2D eigenvalue weighted by atomic mass is 16.5. The lowest BCUT2D eigenvalue weighted by molar-refractivity contribution is 0.237. The largest absolute Gasteiger partial charge is 0.497 e. The fraction of sp³-hybridized carbons (Fsp3) is 0.429. The van der Waals surface area contributed by atoms with Crippen LogP contribution >= 0.6 is 0 Å². The maximum Gasteiger partial charge on any atom is 0.228 e. The first-order chi connectivity index (χ1) is 18.0. The Morgan fingerprint density at radius 2 is 1.41 bits per heavy atom. The predicted molar refractivity (Wildman–Crippen MR) is 142 cm³/mol. The van der Waals surface area contributed by atoms with Crippen LogP contribution in [0.3, 0.4) is 0 Å². The second-order valence-electron chi connectivity index (χ2n) is 9.50. The summed E-state index contributed by atoms with van der Waals surface area (Å²) in [5.41, 5.74) is 3.23. The summed E-state index contributed by atoms with van der Waals surface area (Å²) in [4.78, 5) is 16.9. The number of anilines is 1. The van der Waals surface area contributed by atoms with E-state index >= 15 is 0 Å². The molecule has 2 aromatic carbocycles. The Kier molecular flexibility index (Phi) is 7.62. The molecule has 37 heavy (non-hydrogen) atoms. The second kappa shape index (κ2) is 11.2. The zero-order chi connectivity index (χ0) is 25.8. The van der Waals surface area contributed by atoms with E-state index < -0.39 is 0 Å². The highest BCUT2D eigenvalue weighted by Gasteiger charge is 2.27. The van der Waals surface area contributed by atoms with Gasteiger partial charge in [-0.2, -0.15) is 4.98 Å². The smallest absolute Gasteiger partial charge is 0.228 e. The molecule has 0 radical (unpaired) electrons. The Balaban J connectivity index is 1.43. The van der Waals surface area contributed by atoms with Crippen LogP contribution in [0.2, 0.25) is 0 Å². The molecule has 1 fully saturated rings. The van der Waals surface area contributed by atoms with E-state index in [9.17, 15) is 0 Å². The Bertz CT molecular complexity index is 1190. The number of hydrogen-bond acceptors (Lipinski definition) is 9. The van der Waals surface area contributed by atoms with E-state index in [1.165, 1.54) is 0 Å². The zero-order valence-electron chi connectivity index (χ0n) is 22.1. The van der Waals surface area contributed by atoms with Crippen LogP contribution in [0.15, 0.2) is 42.5 Å². The lowest BCUT2D eigenvalue weighted by Gasteiger charge is -2.34. The number of likely N-dealkylation sites (N-methyl/N-ethyl adjacent to an activating group) is 1. The number of hydrogen-bond donors (Lipinski definition) is 0. The van der Waals surface area contributed by atoms with Crippen LogP contribution in [0.25, 0.3) is 0 Å². The summed E-state index contributed by atoms with van der Waals surface area (Å²) in [6, 6.07) is 13.6. The molecule has 0 aliphatic carbocycles. The number of aromatic nitrogens is 2. The first-order valence-corrected chi connectivity index (χ1v) is 12.6. The van der Waals surface area contributed by atoms with Crippen LogP contribution in [-0.2, 0) is 19.5 Å². The summed E-state index contributed by atoms with van der Waals surface area (Å²) in [7, 11) is 7.16. The van der Waals surface area contributed by atoms with Crippen molar-refractivity contribution in [1.29, 1.82) is 0 Å². The molecule has 9 heteroatoms. The average molecular weight is 506 g/mol. The minimum absolute atomic E-state index is 0.622. The van der Waals surface area contributed by atoms with Crippen LogP contribution in [0.5, 0.6) is 28.9 Å². The van der Waals surface area contributed by atoms with Gasteiger partial charge in [-0.05, 0) is 49.0 Å². The number of methoxy groups -OCH3 is 3. The third-order valence-electron chi connectivity index (χ3n) is 6.97. The number of ether oxygens (including phenoxy) is 4. The number of piperazine rings is 1. The van der Waals surface area contributed by atoms with Gasteiger partial charge in [0.15, 0.2) is 0 Å². The monoisotopic (exact) mass is 505 g/mol. The van der Waals surface area contributed by atoms with E-state index in [2.05, 4.69) is 33.9 Å². The summed E-state index contributed by atoms with van der Waals surface area (Å²) in [6.45, 7) is 6.15. The molecular weight excluding hydrogens is 470 g/mol. The topological polar surface area (TPSA) is 72.4 Å². The lowest BCUT2D eigenvalue weighted by Crippen LogP contribution is -2.45. The summed E-state index contributed by atoms with van der Waals surface area (Å²) < 4.78 is 22.6. The van der Waals surface area contributed by atoms with Crippen molar-refractivity contribution < 1.29 is 18.9 Å². The molecule has 0 bridgehead atoms. The highest BCUT2D eigenvalue weighted by molar-refractivity contribution is 5.45. The van der Waals surface area contributed by atoms with Gasteiger partial charge in [0.05, 0.1) is 32.6 Å². The van der Waals surface area contributed by atoms with Crippen molar-refractivity contribution in [3.05, 3.63) is 59.3 Å². The Hall–Kier alpha value is -3.56. The number of fused-ring (bicyclic) bond motifs is 1. The van der Waals surface area contributed by atoms with Gasteiger partial charge in [-0.3, -0.25) is 4.90 Å². The summed E-state index contributed by atoms with van der Waals surface area (Å²) in [6.07, 6.45) is 0.832. The molecule has 2 aliphatic heterocycles. The molecular formula is C28H35N5O4. The van der Waals surface area contributed by atoms with Crippen LogP contribution in [0, 0.1) is 0 Å². The third kappa shape index (κ3) is 5.89. The zero-order valence-corrected chi connectivity index (χ0v) is 22.1. The van der Waals surface area contributed by atoms with Gasteiger partial charge in [0.2, 0.25) is 11.8 Å². The van der Waals surface area contributed by atoms with Crippen molar-refractivity contribution in [3.8, 4) is 28.9 Å². The van der Waals surface area contributed by atoms with Crippen LogP contribution in [-0.4, -0.2) is 80.9 Å². The molecule has 3 heterocycles. The standard InChI is InChI=1S/C28H35N5O4/c1-31-11-13-33(14-12-31)28-29-26-9-10-32(18-20-15-23(35-3)17-24(16-20)36-4)19-25(26)27(30-28)37-22-7-5-21(34-2)6-8-22/h5-8,15-17H,9-14,18-19H2,1-4H3. The first-order valence-electron chi connectivity index (χ1n) is 12.6. The molecule has 3 aromatic rings. The van der Waals surface area contributed by atoms with E-state index in [1.807, 2.05) is 30.3 Å². The maximum atomic E-state index is 6.39. The van der Waals surface area contributed by atoms with Gasteiger partial charge in [-0.15, -0.1) is 0 Å². The summed E-state index contributed by atoms with van der Waals surface area (Å²) >= 11 is 0. The molecule has 1 saturated heterocycles. The van der Waals surface area contributed by atoms with Gasteiger partial charge < -0.3 is 28.7 Å². The van der Waals surface area contributed by atoms with Gasteiger partial charge in [-0.25, -0.2) is 4.98 Å². The van der Waals surface area contributed by atoms with Crippen molar-refractivity contribution in [2.75, 3.05) is 66.0 Å². The van der Waals surface area contributed by atoms with E-state index in [0.717, 1.165) is 91.5 Å². The number of nitrogens with zero attached hydrogens (tertiary/aromatic N) is 5. The van der Waals surface area contributed by atoms with E-state index in [4.69, 9.17) is 28.9 Å². The number of benzene rings is 2.